The molecule has 0 saturated heterocycles. The second kappa shape index (κ2) is 30.1. The van der Waals surface area contributed by atoms with Gasteiger partial charge < -0.3 is 0 Å². The zero-order valence-corrected chi connectivity index (χ0v) is 10.5. The van der Waals surface area contributed by atoms with Gasteiger partial charge in [-0.05, 0) is 0 Å². The normalized spacial score (nSPS) is 6.42. The number of allylic oxidation sites excluding steroid dienone is 4. The zero-order valence-electron chi connectivity index (χ0n) is 8.83. The molecular weight excluding hydrogens is 307 g/mol. The van der Waals surface area contributed by atoms with E-state index < -0.39 is 0 Å². The number of hydrogen-bond donors (Lipinski definition) is 0. The van der Waals surface area contributed by atoms with Crippen molar-refractivity contribution in [2.24, 2.45) is 0 Å². The van der Waals surface area contributed by atoms with Crippen LogP contribution in [-0.4, -0.2) is 0 Å². The van der Waals surface area contributed by atoms with Crippen LogP contribution in [0.2, 0.25) is 0 Å². The van der Waals surface area contributed by atoms with Crippen molar-refractivity contribution in [1.82, 2.24) is 0 Å². The number of rotatable bonds is 2. The van der Waals surface area contributed by atoms with Gasteiger partial charge in [-0.1, -0.05) is 34.6 Å². The first kappa shape index (κ1) is 22.9. The molecular formula is C11H21Lu-. The summed E-state index contributed by atoms with van der Waals surface area (Å²) in [5.41, 5.74) is 1.02. The van der Waals surface area contributed by atoms with Gasteiger partial charge in [0, 0.05) is 36.9 Å². The van der Waals surface area contributed by atoms with Crippen LogP contribution in [0.5, 0.6) is 0 Å². The fraction of sp³-hybridized carbons (Fsp3) is 0.455. The molecule has 0 atom stereocenters. The molecule has 0 N–H and O–H groups in total. The average molecular weight is 328 g/mol. The van der Waals surface area contributed by atoms with E-state index in [2.05, 4.69) is 19.2 Å². The van der Waals surface area contributed by atoms with Crippen LogP contribution in [0.4, 0.5) is 0 Å². The molecule has 0 bridgehead atoms. The third-order valence-electron chi connectivity index (χ3n) is 0.486. The van der Waals surface area contributed by atoms with Crippen molar-refractivity contribution in [3.05, 3.63) is 37.0 Å². The van der Waals surface area contributed by atoms with E-state index in [4.69, 9.17) is 0 Å². The van der Waals surface area contributed by atoms with Gasteiger partial charge in [0.25, 0.3) is 0 Å². The Labute approximate surface area is 108 Å². The summed E-state index contributed by atoms with van der Waals surface area (Å²) in [5.74, 6) is 0. The predicted octanol–water partition coefficient (Wildman–Crippen LogP) is 4.16. The van der Waals surface area contributed by atoms with Crippen LogP contribution >= 0.6 is 0 Å². The van der Waals surface area contributed by atoms with Crippen LogP contribution in [0.3, 0.4) is 0 Å². The van der Waals surface area contributed by atoms with Crippen LogP contribution < -0.4 is 0 Å². The maximum atomic E-state index is 3.64. The zero-order chi connectivity index (χ0) is 9.70. The molecule has 0 aromatic heterocycles. The summed E-state index contributed by atoms with van der Waals surface area (Å²) in [6.45, 7) is 16.9. The van der Waals surface area contributed by atoms with E-state index in [1.807, 2.05) is 40.7 Å². The summed E-state index contributed by atoms with van der Waals surface area (Å²) >= 11 is 0. The van der Waals surface area contributed by atoms with Gasteiger partial charge in [-0.3, -0.25) is 6.08 Å². The van der Waals surface area contributed by atoms with Gasteiger partial charge in [0.05, 0.1) is 0 Å². The minimum atomic E-state index is 0. The largest absolute Gasteiger partial charge is 0.258 e. The molecule has 0 amide bonds. The fourth-order valence-corrected chi connectivity index (χ4v) is 0.201. The van der Waals surface area contributed by atoms with Gasteiger partial charge in [-0.25, -0.2) is 12.2 Å². The van der Waals surface area contributed by atoms with Gasteiger partial charge in [-0.2, -0.15) is 6.58 Å². The third-order valence-corrected chi connectivity index (χ3v) is 0.486. The maximum Gasteiger partial charge on any atom is 0 e. The first-order valence-corrected chi connectivity index (χ1v) is 4.12. The Balaban J connectivity index is -0.0000000560. The van der Waals surface area contributed by atoms with Crippen LogP contribution in [-0.2, 0) is 0 Å². The molecule has 12 heavy (non-hydrogen) atoms. The summed E-state index contributed by atoms with van der Waals surface area (Å²) in [6.07, 6.45) is 6.20. The van der Waals surface area contributed by atoms with Gasteiger partial charge in [0.1, 0.15) is 0 Å². The molecule has 0 heterocycles. The maximum absolute atomic E-state index is 3.64. The minimum Gasteiger partial charge on any atom is -0.258 e. The molecule has 0 unspecified atom stereocenters. The molecule has 81 valence electrons. The molecule has 0 aliphatic heterocycles. The molecule has 0 aliphatic rings. The van der Waals surface area contributed by atoms with E-state index in [9.17, 15) is 0 Å². The quantitative estimate of drug-likeness (QED) is 0.527. The molecule has 0 saturated carbocycles. The molecule has 0 aliphatic carbocycles. The smallest absolute Gasteiger partial charge is 0 e. The van der Waals surface area contributed by atoms with Crippen LogP contribution in [0.1, 0.15) is 34.6 Å². The molecule has 0 aromatic carbocycles. The van der Waals surface area contributed by atoms with Crippen molar-refractivity contribution < 1.29 is 36.9 Å². The van der Waals surface area contributed by atoms with Crippen LogP contribution in [0, 0.1) is 43.0 Å². The minimum absolute atomic E-state index is 0. The topological polar surface area (TPSA) is 0 Å². The van der Waals surface area contributed by atoms with Crippen molar-refractivity contribution >= 4 is 0 Å². The van der Waals surface area contributed by atoms with E-state index >= 15 is 0 Å². The summed E-state index contributed by atoms with van der Waals surface area (Å²) in [7, 11) is 0. The van der Waals surface area contributed by atoms with E-state index in [1.165, 1.54) is 0 Å². The summed E-state index contributed by atoms with van der Waals surface area (Å²) < 4.78 is 0. The third kappa shape index (κ3) is 47.1. The van der Waals surface area contributed by atoms with Crippen molar-refractivity contribution in [2.45, 2.75) is 34.6 Å². The monoisotopic (exact) mass is 328 g/mol. The average Bonchev–Trinajstić information content (AvgIpc) is 2.08. The Bertz CT molecular complexity index is 102. The molecule has 1 heteroatoms. The Morgan fingerprint density at radius 3 is 1.58 bits per heavy atom. The number of hydrogen-bond acceptors (Lipinski definition) is 0. The van der Waals surface area contributed by atoms with Gasteiger partial charge >= 0.3 is 0 Å². The van der Waals surface area contributed by atoms with E-state index in [-0.39, 0.29) is 36.9 Å². The molecule has 0 spiro atoms. The summed E-state index contributed by atoms with van der Waals surface area (Å²) in [5, 5.41) is 0. The van der Waals surface area contributed by atoms with Gasteiger partial charge in [0.15, 0.2) is 0 Å². The van der Waals surface area contributed by atoms with Gasteiger partial charge in [-0.15, -0.1) is 12.2 Å². The molecule has 0 fully saturated rings. The van der Waals surface area contributed by atoms with Crippen molar-refractivity contribution in [3.63, 3.8) is 0 Å². The van der Waals surface area contributed by atoms with E-state index in [0.29, 0.717) is 0 Å². The molecule has 0 aromatic rings. The Morgan fingerprint density at radius 2 is 1.50 bits per heavy atom. The second-order valence-electron chi connectivity index (χ2n) is 1.38. The van der Waals surface area contributed by atoms with Crippen LogP contribution in [0.25, 0.3) is 0 Å². The Kier molecular flexibility index (Phi) is 57.3. The Morgan fingerprint density at radius 1 is 1.17 bits per heavy atom. The van der Waals surface area contributed by atoms with Gasteiger partial charge in [0.2, 0.25) is 0 Å². The molecule has 0 nitrogen and oxygen atoms in total. The first-order valence-electron chi connectivity index (χ1n) is 4.12. The van der Waals surface area contributed by atoms with Crippen molar-refractivity contribution in [3.8, 4) is 0 Å². The van der Waals surface area contributed by atoms with E-state index in [0.717, 1.165) is 5.57 Å². The van der Waals surface area contributed by atoms with Crippen molar-refractivity contribution in [1.29, 1.82) is 0 Å². The van der Waals surface area contributed by atoms with Crippen LogP contribution in [0.15, 0.2) is 30.9 Å². The Hall–Kier alpha value is 0.454. The van der Waals surface area contributed by atoms with Crippen molar-refractivity contribution in [2.75, 3.05) is 0 Å². The standard InChI is InChI=1S/C7H9.2C2H6.Lu/c1-4-5-6-7(2)3;2*1-2;/h5-6H,1-2H2,3H3;2*1-2H3;/q-1;;;/b6-5-;;;. The summed E-state index contributed by atoms with van der Waals surface area (Å²) in [6, 6.07) is 0. The SMILES string of the molecule is C=[C-]/C=C\C(=C)C.CC.CC.[Lu]. The molecule has 0 rings (SSSR count). The first-order chi connectivity index (χ1) is 5.27. The second-order valence-corrected chi connectivity index (χ2v) is 1.38. The predicted molar refractivity (Wildman–Crippen MR) is 55.5 cm³/mol. The van der Waals surface area contributed by atoms with E-state index in [1.54, 1.807) is 6.08 Å². The summed E-state index contributed by atoms with van der Waals surface area (Å²) in [4.78, 5) is 0. The fourth-order valence-electron chi connectivity index (χ4n) is 0.201. The molecule has 1 radical (unpaired) electrons.